The fourth-order valence-corrected chi connectivity index (χ4v) is 3.64. The molecule has 2 amide bonds. The van der Waals surface area contributed by atoms with Crippen LogP contribution in [-0.2, 0) is 11.3 Å². The lowest BCUT2D eigenvalue weighted by atomic mass is 10.2. The monoisotopic (exact) mass is 426 g/mol. The average Bonchev–Trinajstić information content (AvgIpc) is 3.40. The van der Waals surface area contributed by atoms with Gasteiger partial charge in [-0.25, -0.2) is 9.80 Å². The van der Waals surface area contributed by atoms with Crippen LogP contribution in [0.1, 0.15) is 23.2 Å². The van der Waals surface area contributed by atoms with E-state index in [0.717, 1.165) is 0 Å². The Bertz CT molecular complexity index is 1180. The molecule has 10 heteroatoms. The van der Waals surface area contributed by atoms with Gasteiger partial charge in [0.15, 0.2) is 5.58 Å². The number of aromatic nitrogens is 2. The van der Waals surface area contributed by atoms with Gasteiger partial charge in [-0.3, -0.25) is 19.2 Å². The topological polar surface area (TPSA) is 107 Å². The second-order valence-corrected chi connectivity index (χ2v) is 6.95. The minimum absolute atomic E-state index is 0.0468. The number of ether oxygens (including phenoxy) is 2. The van der Waals surface area contributed by atoms with E-state index in [4.69, 9.17) is 13.9 Å². The van der Waals surface area contributed by atoms with Gasteiger partial charge in [0.25, 0.3) is 5.91 Å². The molecule has 0 N–H and O–H groups in total. The van der Waals surface area contributed by atoms with E-state index in [9.17, 15) is 14.4 Å². The first-order valence-electron chi connectivity index (χ1n) is 9.83. The maximum absolute atomic E-state index is 13.1. The third-order valence-corrected chi connectivity index (χ3v) is 5.14. The normalized spacial score (nSPS) is 13.6. The van der Waals surface area contributed by atoms with Gasteiger partial charge in [0.1, 0.15) is 5.56 Å². The number of benzene rings is 1. The molecule has 0 spiro atoms. The molecule has 3 heterocycles. The predicted octanol–water partition coefficient (Wildman–Crippen LogP) is 1.69. The van der Waals surface area contributed by atoms with Crippen molar-refractivity contribution in [2.75, 3.05) is 27.3 Å². The Hall–Kier alpha value is -3.82. The zero-order valence-electron chi connectivity index (χ0n) is 17.2. The molecular formula is C21H22N4O6. The molecule has 1 aliphatic heterocycles. The second-order valence-electron chi connectivity index (χ2n) is 6.95. The smallest absolute Gasteiger partial charge is 0.419 e. The summed E-state index contributed by atoms with van der Waals surface area (Å²) in [4.78, 5) is 42.3. The Morgan fingerprint density at radius 3 is 2.61 bits per heavy atom. The van der Waals surface area contributed by atoms with Crippen LogP contribution >= 0.6 is 0 Å². The molecule has 2 aromatic heterocycles. The van der Waals surface area contributed by atoms with Gasteiger partial charge in [-0.05, 0) is 24.6 Å². The van der Waals surface area contributed by atoms with Crippen LogP contribution in [-0.4, -0.2) is 58.7 Å². The van der Waals surface area contributed by atoms with Crippen molar-refractivity contribution in [3.05, 3.63) is 52.5 Å². The van der Waals surface area contributed by atoms with Crippen LogP contribution in [0, 0.1) is 0 Å². The summed E-state index contributed by atoms with van der Waals surface area (Å²) < 4.78 is 16.9. The van der Waals surface area contributed by atoms with Crippen molar-refractivity contribution < 1.29 is 23.5 Å². The third-order valence-electron chi connectivity index (χ3n) is 5.14. The quantitative estimate of drug-likeness (QED) is 0.590. The molecule has 1 aliphatic rings. The lowest BCUT2D eigenvalue weighted by Gasteiger charge is -2.28. The highest BCUT2D eigenvalue weighted by atomic mass is 16.5. The largest absolute Gasteiger partial charge is 0.481 e. The fourth-order valence-electron chi connectivity index (χ4n) is 3.64. The first-order valence-corrected chi connectivity index (χ1v) is 9.83. The number of oxazole rings is 1. The third kappa shape index (κ3) is 3.83. The van der Waals surface area contributed by atoms with Crippen LogP contribution in [0.15, 0.2) is 45.6 Å². The SMILES string of the molecule is COc1ccc(C(=O)N2CCCN2C(=O)CCn2c(=O)oc3ccccc32)c(OC)n1. The van der Waals surface area contributed by atoms with Gasteiger partial charge in [-0.1, -0.05) is 12.1 Å². The Morgan fingerprint density at radius 2 is 1.84 bits per heavy atom. The van der Waals surface area contributed by atoms with Crippen LogP contribution in [0.25, 0.3) is 11.1 Å². The summed E-state index contributed by atoms with van der Waals surface area (Å²) in [6, 6.07) is 10.2. The first-order chi connectivity index (χ1) is 15.0. The van der Waals surface area contributed by atoms with Gasteiger partial charge in [0.2, 0.25) is 17.7 Å². The highest BCUT2D eigenvalue weighted by molar-refractivity contribution is 5.97. The van der Waals surface area contributed by atoms with Crippen molar-refractivity contribution in [3.8, 4) is 11.8 Å². The highest BCUT2D eigenvalue weighted by Gasteiger charge is 2.33. The number of fused-ring (bicyclic) bond motifs is 1. The fraction of sp³-hybridized carbons (Fsp3) is 0.333. The van der Waals surface area contributed by atoms with Crippen molar-refractivity contribution in [3.63, 3.8) is 0 Å². The molecule has 31 heavy (non-hydrogen) atoms. The van der Waals surface area contributed by atoms with Crippen LogP contribution < -0.4 is 15.2 Å². The van der Waals surface area contributed by atoms with E-state index in [1.165, 1.54) is 28.8 Å². The standard InChI is InChI=1S/C21H22N4O6/c1-29-17-9-8-14(19(22-17)30-2)20(27)25-12-5-11-24(25)18(26)10-13-23-15-6-3-4-7-16(15)31-21(23)28/h3-4,6-9H,5,10-13H2,1-2H3. The molecule has 1 saturated heterocycles. The molecule has 0 atom stereocenters. The number of carbonyl (C=O) groups is 2. The lowest BCUT2D eigenvalue weighted by molar-refractivity contribution is -0.140. The molecule has 4 rings (SSSR count). The summed E-state index contributed by atoms with van der Waals surface area (Å²) in [5.74, 6) is -0.717. The Labute approximate surface area is 177 Å². The number of pyridine rings is 1. The molecular weight excluding hydrogens is 404 g/mol. The molecule has 1 fully saturated rings. The minimum Gasteiger partial charge on any atom is -0.481 e. The number of para-hydroxylation sites is 2. The number of aryl methyl sites for hydroxylation is 1. The maximum Gasteiger partial charge on any atom is 0.419 e. The van der Waals surface area contributed by atoms with E-state index in [-0.39, 0.29) is 36.2 Å². The Kier molecular flexibility index (Phi) is 5.61. The van der Waals surface area contributed by atoms with Crippen LogP contribution in [0.5, 0.6) is 11.8 Å². The number of hydrogen-bond donors (Lipinski definition) is 0. The second kappa shape index (κ2) is 8.50. The number of amides is 2. The summed E-state index contributed by atoms with van der Waals surface area (Å²) in [6.45, 7) is 0.965. The van der Waals surface area contributed by atoms with Crippen molar-refractivity contribution in [2.24, 2.45) is 0 Å². The lowest BCUT2D eigenvalue weighted by Crippen LogP contribution is -2.45. The molecule has 0 unspecified atom stereocenters. The van der Waals surface area contributed by atoms with Gasteiger partial charge >= 0.3 is 5.76 Å². The maximum atomic E-state index is 13.1. The van der Waals surface area contributed by atoms with Gasteiger partial charge in [0.05, 0.1) is 19.7 Å². The highest BCUT2D eigenvalue weighted by Crippen LogP contribution is 2.24. The number of hydrogen-bond acceptors (Lipinski definition) is 7. The van der Waals surface area contributed by atoms with E-state index in [2.05, 4.69) is 4.98 Å². The van der Waals surface area contributed by atoms with E-state index >= 15 is 0 Å². The number of rotatable bonds is 6. The molecule has 0 bridgehead atoms. The van der Waals surface area contributed by atoms with Crippen LogP contribution in [0.2, 0.25) is 0 Å². The summed E-state index contributed by atoms with van der Waals surface area (Å²) in [6.07, 6.45) is 0.698. The number of nitrogens with zero attached hydrogens (tertiary/aromatic N) is 4. The zero-order chi connectivity index (χ0) is 22.0. The molecule has 10 nitrogen and oxygen atoms in total. The van der Waals surface area contributed by atoms with E-state index in [0.29, 0.717) is 36.5 Å². The van der Waals surface area contributed by atoms with E-state index < -0.39 is 5.76 Å². The summed E-state index contributed by atoms with van der Waals surface area (Å²) >= 11 is 0. The Morgan fingerprint density at radius 1 is 1.06 bits per heavy atom. The summed E-state index contributed by atoms with van der Waals surface area (Å²) in [5.41, 5.74) is 1.33. The molecule has 1 aromatic carbocycles. The molecule has 3 aromatic rings. The minimum atomic E-state index is -0.516. The number of methoxy groups -OCH3 is 2. The molecule has 162 valence electrons. The van der Waals surface area contributed by atoms with Gasteiger partial charge in [-0.2, -0.15) is 4.98 Å². The van der Waals surface area contributed by atoms with Gasteiger partial charge < -0.3 is 13.9 Å². The number of carbonyl (C=O) groups excluding carboxylic acids is 2. The zero-order valence-corrected chi connectivity index (χ0v) is 17.2. The van der Waals surface area contributed by atoms with Crippen LogP contribution in [0.4, 0.5) is 0 Å². The predicted molar refractivity (Wildman–Crippen MR) is 110 cm³/mol. The van der Waals surface area contributed by atoms with Crippen molar-refractivity contribution in [1.82, 2.24) is 19.6 Å². The van der Waals surface area contributed by atoms with Crippen molar-refractivity contribution in [2.45, 2.75) is 19.4 Å². The molecule has 0 radical (unpaired) electrons. The average molecular weight is 426 g/mol. The summed E-state index contributed by atoms with van der Waals surface area (Å²) in [5, 5.41) is 2.81. The number of hydrazine groups is 1. The first kappa shape index (κ1) is 20.5. The van der Waals surface area contributed by atoms with Crippen LogP contribution in [0.3, 0.4) is 0 Å². The molecule has 0 saturated carbocycles. The Balaban J connectivity index is 1.50. The van der Waals surface area contributed by atoms with Gasteiger partial charge in [0, 0.05) is 32.1 Å². The van der Waals surface area contributed by atoms with Gasteiger partial charge in [-0.15, -0.1) is 0 Å². The molecule has 0 aliphatic carbocycles. The van der Waals surface area contributed by atoms with Crippen molar-refractivity contribution >= 4 is 22.9 Å². The van der Waals surface area contributed by atoms with E-state index in [1.54, 1.807) is 36.4 Å². The van der Waals surface area contributed by atoms with E-state index in [1.807, 2.05) is 0 Å². The summed E-state index contributed by atoms with van der Waals surface area (Å²) in [7, 11) is 2.89. The van der Waals surface area contributed by atoms with Crippen molar-refractivity contribution in [1.29, 1.82) is 0 Å².